The maximum atomic E-state index is 11.2. The molecule has 0 spiro atoms. The fraction of sp³-hybridized carbons (Fsp3) is 0.909. The summed E-state index contributed by atoms with van der Waals surface area (Å²) in [6.45, 7) is 3.46. The smallest absolute Gasteiger partial charge is 0.364 e. The highest BCUT2D eigenvalue weighted by Crippen LogP contribution is 2.45. The third-order valence-electron chi connectivity index (χ3n) is 3.75. The minimum Gasteiger partial charge on any atom is -0.477 e. The average molecular weight is 246 g/mol. The van der Waals surface area contributed by atoms with E-state index in [0.717, 1.165) is 0 Å². The van der Waals surface area contributed by atoms with Gasteiger partial charge in [0.05, 0.1) is 18.3 Å². The second-order valence-corrected chi connectivity index (χ2v) is 5.01. The first-order chi connectivity index (χ1) is 7.91. The molecular formula is C11H18O6. The zero-order valence-corrected chi connectivity index (χ0v) is 9.87. The minimum absolute atomic E-state index is 0.0748. The highest BCUT2D eigenvalue weighted by Gasteiger charge is 2.61. The van der Waals surface area contributed by atoms with Crippen molar-refractivity contribution in [2.45, 2.75) is 44.4 Å². The van der Waals surface area contributed by atoms with Crippen LogP contribution in [0.4, 0.5) is 0 Å². The van der Waals surface area contributed by atoms with Gasteiger partial charge in [-0.15, -0.1) is 0 Å². The van der Waals surface area contributed by atoms with E-state index >= 15 is 0 Å². The van der Waals surface area contributed by atoms with Crippen LogP contribution in [0.5, 0.6) is 0 Å². The number of fused-ring (bicyclic) bond motifs is 2. The van der Waals surface area contributed by atoms with Gasteiger partial charge in [-0.1, -0.05) is 13.8 Å². The van der Waals surface area contributed by atoms with Crippen molar-refractivity contribution in [1.29, 1.82) is 0 Å². The number of hydrogen-bond donors (Lipinski definition) is 3. The van der Waals surface area contributed by atoms with Crippen LogP contribution >= 0.6 is 0 Å². The summed E-state index contributed by atoms with van der Waals surface area (Å²) in [5.74, 6) is -3.40. The largest absolute Gasteiger partial charge is 0.477 e. The van der Waals surface area contributed by atoms with E-state index in [1.165, 1.54) is 0 Å². The van der Waals surface area contributed by atoms with Gasteiger partial charge < -0.3 is 24.8 Å². The molecule has 2 heterocycles. The second-order valence-electron chi connectivity index (χ2n) is 5.01. The number of ether oxygens (including phenoxy) is 2. The predicted molar refractivity (Wildman–Crippen MR) is 56.2 cm³/mol. The van der Waals surface area contributed by atoms with E-state index in [1.54, 1.807) is 13.8 Å². The highest BCUT2D eigenvalue weighted by atomic mass is 16.8. The first-order valence-corrected chi connectivity index (χ1v) is 5.79. The molecule has 2 fully saturated rings. The van der Waals surface area contributed by atoms with Gasteiger partial charge in [0.1, 0.15) is 0 Å². The van der Waals surface area contributed by atoms with Crippen molar-refractivity contribution in [3.63, 3.8) is 0 Å². The Labute approximate surface area is 99.1 Å². The highest BCUT2D eigenvalue weighted by molar-refractivity contribution is 5.76. The van der Waals surface area contributed by atoms with Gasteiger partial charge in [0.25, 0.3) is 5.79 Å². The first kappa shape index (κ1) is 12.8. The van der Waals surface area contributed by atoms with Crippen molar-refractivity contribution in [3.05, 3.63) is 0 Å². The molecule has 6 heteroatoms. The van der Waals surface area contributed by atoms with Crippen molar-refractivity contribution >= 4 is 5.97 Å². The van der Waals surface area contributed by atoms with Crippen molar-refractivity contribution in [3.8, 4) is 0 Å². The van der Waals surface area contributed by atoms with Gasteiger partial charge in [-0.3, -0.25) is 0 Å². The van der Waals surface area contributed by atoms with Gasteiger partial charge in [-0.25, -0.2) is 4.79 Å². The van der Waals surface area contributed by atoms with Crippen LogP contribution in [0.25, 0.3) is 0 Å². The molecule has 2 unspecified atom stereocenters. The van der Waals surface area contributed by atoms with Crippen LogP contribution in [-0.4, -0.2) is 52.0 Å². The Hall–Kier alpha value is -0.690. The van der Waals surface area contributed by atoms with Gasteiger partial charge in [0.2, 0.25) is 0 Å². The number of carbonyl (C=O) groups is 1. The van der Waals surface area contributed by atoms with E-state index in [4.69, 9.17) is 19.7 Å². The molecule has 0 aromatic carbocycles. The van der Waals surface area contributed by atoms with E-state index in [1.807, 2.05) is 0 Å². The fourth-order valence-electron chi connectivity index (χ4n) is 2.52. The van der Waals surface area contributed by atoms with Crippen LogP contribution in [0.1, 0.15) is 20.3 Å². The number of carboxylic acids is 1. The van der Waals surface area contributed by atoms with Crippen LogP contribution in [0.3, 0.4) is 0 Å². The Kier molecular flexibility index (Phi) is 3.15. The van der Waals surface area contributed by atoms with E-state index in [-0.39, 0.29) is 24.9 Å². The summed E-state index contributed by atoms with van der Waals surface area (Å²) in [6.07, 6.45) is -1.82. The lowest BCUT2D eigenvalue weighted by atomic mass is 9.86. The van der Waals surface area contributed by atoms with Gasteiger partial charge in [0.15, 0.2) is 0 Å². The molecule has 2 saturated heterocycles. The molecule has 2 rings (SSSR count). The molecule has 0 amide bonds. The Morgan fingerprint density at radius 3 is 2.71 bits per heavy atom. The maximum absolute atomic E-state index is 11.2. The second kappa shape index (κ2) is 4.20. The Balaban J connectivity index is 2.28. The Bertz CT molecular complexity index is 319. The topological polar surface area (TPSA) is 96.2 Å². The lowest BCUT2D eigenvalue weighted by molar-refractivity contribution is -0.236. The zero-order chi connectivity index (χ0) is 12.8. The fourth-order valence-corrected chi connectivity index (χ4v) is 2.52. The van der Waals surface area contributed by atoms with Crippen LogP contribution in [0.2, 0.25) is 0 Å². The molecule has 0 aliphatic carbocycles. The zero-order valence-electron chi connectivity index (χ0n) is 9.87. The molecule has 17 heavy (non-hydrogen) atoms. The summed E-state index contributed by atoms with van der Waals surface area (Å²) in [4.78, 5) is 11.2. The number of aliphatic hydroxyl groups is 2. The van der Waals surface area contributed by atoms with Crippen LogP contribution in [0, 0.1) is 11.8 Å². The average Bonchev–Trinajstić information content (AvgIpc) is 2.63. The van der Waals surface area contributed by atoms with Crippen LogP contribution in [-0.2, 0) is 14.3 Å². The quantitative estimate of drug-likeness (QED) is 0.626. The maximum Gasteiger partial charge on any atom is 0.364 e. The molecular weight excluding hydrogens is 228 g/mol. The predicted octanol–water partition coefficient (Wildman–Crippen LogP) is -0.420. The standard InChI is InChI=1S/C11H18O6/c1-5(4-12)8-9-6(2)7(13)3-11(16-8,17-9)10(14)15/h5-9,12-13H,3-4H2,1-2H3,(H,14,15)/t5-,6-,7-,8?,9?,11-/m1/s1. The monoisotopic (exact) mass is 246 g/mol. The molecule has 2 aliphatic rings. The van der Waals surface area contributed by atoms with E-state index in [9.17, 15) is 9.90 Å². The molecule has 0 aromatic heterocycles. The third-order valence-corrected chi connectivity index (χ3v) is 3.75. The Morgan fingerprint density at radius 1 is 1.53 bits per heavy atom. The minimum atomic E-state index is -1.75. The number of aliphatic hydroxyl groups excluding tert-OH is 2. The summed E-state index contributed by atoms with van der Waals surface area (Å²) in [6, 6.07) is 0. The van der Waals surface area contributed by atoms with Crippen LogP contribution in [0.15, 0.2) is 0 Å². The van der Waals surface area contributed by atoms with E-state index in [2.05, 4.69) is 0 Å². The molecule has 2 bridgehead atoms. The molecule has 3 N–H and O–H groups in total. The molecule has 0 aromatic rings. The lowest BCUT2D eigenvalue weighted by Gasteiger charge is -2.35. The normalized spacial score (nSPS) is 46.8. The summed E-state index contributed by atoms with van der Waals surface area (Å²) in [5, 5.41) is 28.2. The molecule has 6 atom stereocenters. The summed E-state index contributed by atoms with van der Waals surface area (Å²) >= 11 is 0. The molecule has 0 radical (unpaired) electrons. The van der Waals surface area contributed by atoms with Crippen LogP contribution < -0.4 is 0 Å². The van der Waals surface area contributed by atoms with Crippen molar-refractivity contribution in [2.24, 2.45) is 11.8 Å². The Morgan fingerprint density at radius 2 is 2.18 bits per heavy atom. The third kappa shape index (κ3) is 1.85. The molecule has 0 saturated carbocycles. The van der Waals surface area contributed by atoms with Gasteiger partial charge >= 0.3 is 5.97 Å². The number of hydrogen-bond acceptors (Lipinski definition) is 5. The molecule has 6 nitrogen and oxygen atoms in total. The van der Waals surface area contributed by atoms with E-state index < -0.39 is 30.1 Å². The summed E-state index contributed by atoms with van der Waals surface area (Å²) < 4.78 is 11.0. The molecule has 2 aliphatic heterocycles. The van der Waals surface area contributed by atoms with Gasteiger partial charge in [0, 0.05) is 24.9 Å². The number of carboxylic acid groups (broad SMARTS) is 1. The van der Waals surface area contributed by atoms with Crippen molar-refractivity contribution in [2.75, 3.05) is 6.61 Å². The molecule has 98 valence electrons. The van der Waals surface area contributed by atoms with Crippen molar-refractivity contribution < 1.29 is 29.6 Å². The van der Waals surface area contributed by atoms with E-state index in [0.29, 0.717) is 0 Å². The SMILES string of the molecule is C[C@H](CO)C1O[C@]2(C(=O)O)C[C@@H](O)[C@@H](C)C1O2. The van der Waals surface area contributed by atoms with Crippen molar-refractivity contribution in [1.82, 2.24) is 0 Å². The number of rotatable bonds is 3. The lowest BCUT2D eigenvalue weighted by Crippen LogP contribution is -2.50. The number of aliphatic carboxylic acids is 1. The van der Waals surface area contributed by atoms with Gasteiger partial charge in [-0.2, -0.15) is 0 Å². The summed E-state index contributed by atoms with van der Waals surface area (Å²) in [5.41, 5.74) is 0. The van der Waals surface area contributed by atoms with Gasteiger partial charge in [-0.05, 0) is 0 Å². The first-order valence-electron chi connectivity index (χ1n) is 5.79. The summed E-state index contributed by atoms with van der Waals surface area (Å²) in [7, 11) is 0.